The molecule has 4 rings (SSSR count). The fourth-order valence-corrected chi connectivity index (χ4v) is 3.16. The standard InChI is InChI=1S/C22H18N4O2/c1-28-20-8-3-2-6-16(20)21(19-7-4-5-11-24-19)26-22(27)15-9-13-25-18-10-12-23-14-17(15)18/h2-14,21H,1H3,(H,26,27). The normalized spacial score (nSPS) is 11.8. The van der Waals surface area contributed by atoms with Gasteiger partial charge >= 0.3 is 0 Å². The lowest BCUT2D eigenvalue weighted by atomic mass is 10.0. The van der Waals surface area contributed by atoms with Crippen LogP contribution in [0.3, 0.4) is 0 Å². The van der Waals surface area contributed by atoms with Gasteiger partial charge in [-0.1, -0.05) is 24.3 Å². The molecule has 3 aromatic heterocycles. The molecule has 1 amide bonds. The molecule has 1 atom stereocenters. The summed E-state index contributed by atoms with van der Waals surface area (Å²) in [6.45, 7) is 0. The van der Waals surface area contributed by atoms with Gasteiger partial charge in [-0.2, -0.15) is 0 Å². The molecule has 6 nitrogen and oxygen atoms in total. The van der Waals surface area contributed by atoms with E-state index < -0.39 is 6.04 Å². The Labute approximate surface area is 162 Å². The quantitative estimate of drug-likeness (QED) is 0.581. The van der Waals surface area contributed by atoms with Crippen molar-refractivity contribution < 1.29 is 9.53 Å². The first-order valence-corrected chi connectivity index (χ1v) is 8.81. The number of ether oxygens (including phenoxy) is 1. The van der Waals surface area contributed by atoms with Crippen molar-refractivity contribution in [2.24, 2.45) is 0 Å². The Hall–Kier alpha value is -3.80. The van der Waals surface area contributed by atoms with E-state index in [1.165, 1.54) is 0 Å². The van der Waals surface area contributed by atoms with Gasteiger partial charge in [0.05, 0.1) is 23.9 Å². The molecule has 0 fully saturated rings. The van der Waals surface area contributed by atoms with Crippen LogP contribution < -0.4 is 10.1 Å². The molecule has 0 aliphatic heterocycles. The number of carbonyl (C=O) groups is 1. The van der Waals surface area contributed by atoms with Crippen molar-refractivity contribution in [3.05, 3.63) is 96.2 Å². The Bertz CT molecular complexity index is 1110. The molecule has 138 valence electrons. The van der Waals surface area contributed by atoms with Crippen molar-refractivity contribution in [3.8, 4) is 5.75 Å². The number of carbonyl (C=O) groups excluding carboxylic acids is 1. The molecule has 0 aliphatic carbocycles. The second-order valence-electron chi connectivity index (χ2n) is 6.15. The van der Waals surface area contributed by atoms with Gasteiger partial charge in [-0.25, -0.2) is 0 Å². The molecule has 0 aliphatic rings. The molecule has 6 heteroatoms. The zero-order chi connectivity index (χ0) is 19.3. The molecular formula is C22H18N4O2. The monoisotopic (exact) mass is 370 g/mol. The molecule has 1 aromatic carbocycles. The molecule has 0 radical (unpaired) electrons. The highest BCUT2D eigenvalue weighted by atomic mass is 16.5. The number of nitrogens with one attached hydrogen (secondary N) is 1. The minimum atomic E-state index is -0.468. The van der Waals surface area contributed by atoms with Gasteiger partial charge in [0.15, 0.2) is 0 Å². The van der Waals surface area contributed by atoms with Gasteiger partial charge < -0.3 is 10.1 Å². The summed E-state index contributed by atoms with van der Waals surface area (Å²) in [7, 11) is 1.61. The van der Waals surface area contributed by atoms with Gasteiger partial charge in [0.25, 0.3) is 5.91 Å². The molecule has 0 saturated carbocycles. The summed E-state index contributed by atoms with van der Waals surface area (Å²) in [5.41, 5.74) is 2.77. The van der Waals surface area contributed by atoms with Crippen molar-refractivity contribution in [1.29, 1.82) is 0 Å². The first-order valence-electron chi connectivity index (χ1n) is 8.81. The third-order valence-corrected chi connectivity index (χ3v) is 4.50. The second-order valence-corrected chi connectivity index (χ2v) is 6.15. The fraction of sp³-hybridized carbons (Fsp3) is 0.0909. The number of fused-ring (bicyclic) bond motifs is 1. The highest BCUT2D eigenvalue weighted by molar-refractivity contribution is 6.05. The molecule has 4 aromatic rings. The number of hydrogen-bond acceptors (Lipinski definition) is 5. The number of pyridine rings is 3. The molecule has 28 heavy (non-hydrogen) atoms. The first-order chi connectivity index (χ1) is 13.8. The lowest BCUT2D eigenvalue weighted by Gasteiger charge is -2.21. The van der Waals surface area contributed by atoms with Gasteiger partial charge in [-0.05, 0) is 30.3 Å². The molecule has 1 unspecified atom stereocenters. The number of benzene rings is 1. The number of amides is 1. The Balaban J connectivity index is 1.77. The van der Waals surface area contributed by atoms with Crippen molar-refractivity contribution in [2.75, 3.05) is 7.11 Å². The predicted octanol–water partition coefficient (Wildman–Crippen LogP) is 3.55. The van der Waals surface area contributed by atoms with E-state index in [0.29, 0.717) is 22.2 Å². The van der Waals surface area contributed by atoms with Crippen molar-refractivity contribution >= 4 is 16.8 Å². The lowest BCUT2D eigenvalue weighted by Crippen LogP contribution is -2.30. The molecule has 1 N–H and O–H groups in total. The van der Waals surface area contributed by atoms with Crippen LogP contribution in [0.15, 0.2) is 79.4 Å². The van der Waals surface area contributed by atoms with E-state index in [1.807, 2.05) is 42.5 Å². The SMILES string of the molecule is COc1ccccc1C(NC(=O)c1ccnc2ccncc12)c1ccccn1. The first kappa shape index (κ1) is 17.6. The minimum Gasteiger partial charge on any atom is -0.496 e. The van der Waals surface area contributed by atoms with E-state index in [2.05, 4.69) is 20.3 Å². The highest BCUT2D eigenvalue weighted by Gasteiger charge is 2.23. The Morgan fingerprint density at radius 2 is 1.82 bits per heavy atom. The van der Waals surface area contributed by atoms with Crippen LogP contribution in [-0.4, -0.2) is 28.0 Å². The highest BCUT2D eigenvalue weighted by Crippen LogP contribution is 2.29. The van der Waals surface area contributed by atoms with Crippen LogP contribution >= 0.6 is 0 Å². The summed E-state index contributed by atoms with van der Waals surface area (Å²) < 4.78 is 5.51. The predicted molar refractivity (Wildman–Crippen MR) is 106 cm³/mol. The van der Waals surface area contributed by atoms with Crippen molar-refractivity contribution in [1.82, 2.24) is 20.3 Å². The van der Waals surface area contributed by atoms with Crippen LogP contribution in [0.4, 0.5) is 0 Å². The van der Waals surface area contributed by atoms with E-state index >= 15 is 0 Å². The van der Waals surface area contributed by atoms with E-state index in [1.54, 1.807) is 44.0 Å². The Morgan fingerprint density at radius 3 is 2.64 bits per heavy atom. The lowest BCUT2D eigenvalue weighted by molar-refractivity contribution is 0.0943. The Morgan fingerprint density at radius 1 is 0.964 bits per heavy atom. The smallest absolute Gasteiger partial charge is 0.252 e. The summed E-state index contributed by atoms with van der Waals surface area (Å²) in [6, 6.07) is 16.2. The molecule has 0 saturated heterocycles. The summed E-state index contributed by atoms with van der Waals surface area (Å²) in [6.07, 6.45) is 6.63. The van der Waals surface area contributed by atoms with Crippen LogP contribution in [0, 0.1) is 0 Å². The summed E-state index contributed by atoms with van der Waals surface area (Å²) in [5.74, 6) is 0.446. The molecule has 3 heterocycles. The minimum absolute atomic E-state index is 0.234. The molecule has 0 bridgehead atoms. The number of rotatable bonds is 5. The van der Waals surface area contributed by atoms with Gasteiger partial charge in [-0.3, -0.25) is 19.7 Å². The maximum absolute atomic E-state index is 13.2. The van der Waals surface area contributed by atoms with E-state index in [-0.39, 0.29) is 5.91 Å². The largest absolute Gasteiger partial charge is 0.496 e. The third kappa shape index (κ3) is 3.40. The average Bonchev–Trinajstić information content (AvgIpc) is 2.77. The van der Waals surface area contributed by atoms with E-state index in [4.69, 9.17) is 4.74 Å². The number of hydrogen-bond donors (Lipinski definition) is 1. The van der Waals surface area contributed by atoms with Crippen LogP contribution in [-0.2, 0) is 0 Å². The number of methoxy groups -OCH3 is 1. The Kier molecular flexibility index (Phi) is 4.93. The van der Waals surface area contributed by atoms with Gasteiger partial charge in [0.1, 0.15) is 11.8 Å². The summed E-state index contributed by atoms with van der Waals surface area (Å²) >= 11 is 0. The van der Waals surface area contributed by atoms with Crippen molar-refractivity contribution in [2.45, 2.75) is 6.04 Å². The van der Waals surface area contributed by atoms with Gasteiger partial charge in [-0.15, -0.1) is 0 Å². The van der Waals surface area contributed by atoms with E-state index in [0.717, 1.165) is 11.3 Å². The molecule has 0 spiro atoms. The van der Waals surface area contributed by atoms with Crippen LogP contribution in [0.5, 0.6) is 5.75 Å². The summed E-state index contributed by atoms with van der Waals surface area (Å²) in [4.78, 5) is 26.0. The zero-order valence-electron chi connectivity index (χ0n) is 15.2. The second kappa shape index (κ2) is 7.84. The number of aromatic nitrogens is 3. The maximum Gasteiger partial charge on any atom is 0.252 e. The van der Waals surface area contributed by atoms with Gasteiger partial charge in [0.2, 0.25) is 0 Å². The third-order valence-electron chi connectivity index (χ3n) is 4.50. The number of nitrogens with zero attached hydrogens (tertiary/aromatic N) is 3. The zero-order valence-corrected chi connectivity index (χ0v) is 15.2. The topological polar surface area (TPSA) is 77.0 Å². The van der Waals surface area contributed by atoms with Crippen LogP contribution in [0.25, 0.3) is 10.9 Å². The van der Waals surface area contributed by atoms with Crippen LogP contribution in [0.1, 0.15) is 27.7 Å². The van der Waals surface area contributed by atoms with E-state index in [9.17, 15) is 4.79 Å². The average molecular weight is 370 g/mol. The van der Waals surface area contributed by atoms with Crippen molar-refractivity contribution in [3.63, 3.8) is 0 Å². The molecular weight excluding hydrogens is 352 g/mol. The number of para-hydroxylation sites is 1. The summed E-state index contributed by atoms with van der Waals surface area (Å²) in [5, 5.41) is 3.79. The van der Waals surface area contributed by atoms with Gasteiger partial charge in [0, 0.05) is 35.7 Å². The maximum atomic E-state index is 13.2. The van der Waals surface area contributed by atoms with Crippen LogP contribution in [0.2, 0.25) is 0 Å². The fourth-order valence-electron chi connectivity index (χ4n) is 3.16.